The van der Waals surface area contributed by atoms with E-state index in [1.807, 2.05) is 13.8 Å². The Labute approximate surface area is 56.5 Å². The van der Waals surface area contributed by atoms with Crippen molar-refractivity contribution in [2.75, 3.05) is 6.61 Å². The van der Waals surface area contributed by atoms with Gasteiger partial charge in [0.2, 0.25) is 0 Å². The van der Waals surface area contributed by atoms with Crippen molar-refractivity contribution >= 4 is 0 Å². The molecule has 0 aliphatic carbocycles. The summed E-state index contributed by atoms with van der Waals surface area (Å²) in [6, 6.07) is 0. The minimum absolute atomic E-state index is 0. The minimum atomic E-state index is 0. The van der Waals surface area contributed by atoms with Gasteiger partial charge in [0.1, 0.15) is 0 Å². The second-order valence-corrected chi connectivity index (χ2v) is 2.79. The van der Waals surface area contributed by atoms with Gasteiger partial charge in [-0.2, -0.15) is 0 Å². The molecule has 0 heterocycles. The van der Waals surface area contributed by atoms with E-state index in [0.29, 0.717) is 6.61 Å². The molecule has 0 rings (SSSR count). The quantitative estimate of drug-likeness (QED) is 0.460. The van der Waals surface area contributed by atoms with E-state index in [1.54, 1.807) is 0 Å². The molecule has 0 aromatic heterocycles. The number of rotatable bonds is 3. The van der Waals surface area contributed by atoms with Gasteiger partial charge < -0.3 is 6.15 Å². The highest BCUT2D eigenvalue weighted by atomic mass is 17.1. The fourth-order valence-corrected chi connectivity index (χ4v) is 0.277. The SMILES string of the molecule is CCC(C)(C)COO.N. The van der Waals surface area contributed by atoms with Crippen LogP contribution < -0.4 is 6.15 Å². The summed E-state index contributed by atoms with van der Waals surface area (Å²) in [5.74, 6) is 0. The van der Waals surface area contributed by atoms with Crippen LogP contribution in [0.1, 0.15) is 27.2 Å². The summed E-state index contributed by atoms with van der Waals surface area (Å²) in [5, 5.41) is 8.03. The molecule has 0 saturated heterocycles. The molecule has 3 nitrogen and oxygen atoms in total. The molecule has 0 bridgehead atoms. The van der Waals surface area contributed by atoms with Crippen LogP contribution >= 0.6 is 0 Å². The van der Waals surface area contributed by atoms with Crippen molar-refractivity contribution in [3.8, 4) is 0 Å². The molecule has 0 aliphatic heterocycles. The molecule has 0 atom stereocenters. The Morgan fingerprint density at radius 3 is 2.00 bits per heavy atom. The maximum absolute atomic E-state index is 8.03. The third kappa shape index (κ3) is 5.76. The molecule has 4 N–H and O–H groups in total. The maximum Gasteiger partial charge on any atom is 0.0870 e. The molecule has 0 fully saturated rings. The average Bonchev–Trinajstić information content (AvgIpc) is 1.67. The van der Waals surface area contributed by atoms with Gasteiger partial charge in [-0.3, -0.25) is 5.26 Å². The molecule has 9 heavy (non-hydrogen) atoms. The molecule has 0 amide bonds. The molecule has 0 radical (unpaired) electrons. The summed E-state index contributed by atoms with van der Waals surface area (Å²) in [6.07, 6.45) is 1.02. The van der Waals surface area contributed by atoms with E-state index in [1.165, 1.54) is 0 Å². The van der Waals surface area contributed by atoms with Crippen molar-refractivity contribution < 1.29 is 10.1 Å². The van der Waals surface area contributed by atoms with Crippen LogP contribution in [0.15, 0.2) is 0 Å². The van der Waals surface area contributed by atoms with Gasteiger partial charge in [-0.15, -0.1) is 0 Å². The summed E-state index contributed by atoms with van der Waals surface area (Å²) in [4.78, 5) is 4.00. The molecule has 0 saturated carbocycles. The predicted octanol–water partition coefficient (Wildman–Crippen LogP) is 2.07. The first-order chi connectivity index (χ1) is 3.62. The van der Waals surface area contributed by atoms with Gasteiger partial charge in [0.15, 0.2) is 0 Å². The topological polar surface area (TPSA) is 64.5 Å². The summed E-state index contributed by atoms with van der Waals surface area (Å²) in [6.45, 7) is 6.58. The van der Waals surface area contributed by atoms with E-state index in [4.69, 9.17) is 5.26 Å². The monoisotopic (exact) mass is 135 g/mol. The zero-order valence-electron chi connectivity index (χ0n) is 6.48. The van der Waals surface area contributed by atoms with Gasteiger partial charge in [-0.25, -0.2) is 4.89 Å². The van der Waals surface area contributed by atoms with Gasteiger partial charge in [0.25, 0.3) is 0 Å². The lowest BCUT2D eigenvalue weighted by molar-refractivity contribution is -0.259. The van der Waals surface area contributed by atoms with Crippen molar-refractivity contribution in [3.63, 3.8) is 0 Å². The van der Waals surface area contributed by atoms with Crippen LogP contribution in [0.5, 0.6) is 0 Å². The Morgan fingerprint density at radius 2 is 1.89 bits per heavy atom. The first-order valence-electron chi connectivity index (χ1n) is 2.89. The number of hydrogen-bond donors (Lipinski definition) is 2. The highest BCUT2D eigenvalue weighted by molar-refractivity contribution is 4.63. The van der Waals surface area contributed by atoms with Crippen molar-refractivity contribution in [1.82, 2.24) is 6.15 Å². The molecule has 0 aliphatic rings. The molecule has 0 unspecified atom stereocenters. The molecular formula is C6H17NO2. The lowest BCUT2D eigenvalue weighted by Gasteiger charge is -2.18. The smallest absolute Gasteiger partial charge is 0.0870 e. The summed E-state index contributed by atoms with van der Waals surface area (Å²) >= 11 is 0. The second-order valence-electron chi connectivity index (χ2n) is 2.79. The van der Waals surface area contributed by atoms with E-state index in [9.17, 15) is 0 Å². The summed E-state index contributed by atoms with van der Waals surface area (Å²) in [7, 11) is 0. The third-order valence-corrected chi connectivity index (χ3v) is 1.41. The Bertz CT molecular complexity index is 64.1. The molecule has 58 valence electrons. The van der Waals surface area contributed by atoms with Crippen LogP contribution in [0.3, 0.4) is 0 Å². The van der Waals surface area contributed by atoms with Gasteiger partial charge in [-0.1, -0.05) is 20.8 Å². The van der Waals surface area contributed by atoms with Gasteiger partial charge in [-0.05, 0) is 11.8 Å². The van der Waals surface area contributed by atoms with Crippen LogP contribution in [0.4, 0.5) is 0 Å². The van der Waals surface area contributed by atoms with Gasteiger partial charge in [0, 0.05) is 0 Å². The van der Waals surface area contributed by atoms with E-state index >= 15 is 0 Å². The van der Waals surface area contributed by atoms with Crippen molar-refractivity contribution in [1.29, 1.82) is 0 Å². The minimum Gasteiger partial charge on any atom is -0.344 e. The largest absolute Gasteiger partial charge is 0.344 e. The van der Waals surface area contributed by atoms with E-state index in [0.717, 1.165) is 6.42 Å². The Balaban J connectivity index is 0. The maximum atomic E-state index is 8.03. The van der Waals surface area contributed by atoms with Crippen LogP contribution in [-0.4, -0.2) is 11.9 Å². The highest BCUT2D eigenvalue weighted by Crippen LogP contribution is 2.18. The summed E-state index contributed by atoms with van der Waals surface area (Å²) in [5.41, 5.74) is 0.120. The normalized spacial score (nSPS) is 10.7. The zero-order chi connectivity index (χ0) is 6.62. The first-order valence-corrected chi connectivity index (χ1v) is 2.89. The Kier molecular flexibility index (Phi) is 6.12. The van der Waals surface area contributed by atoms with E-state index < -0.39 is 0 Å². The fourth-order valence-electron chi connectivity index (χ4n) is 0.277. The van der Waals surface area contributed by atoms with Crippen LogP contribution in [-0.2, 0) is 4.89 Å². The average molecular weight is 135 g/mol. The lowest BCUT2D eigenvalue weighted by Crippen LogP contribution is -2.16. The highest BCUT2D eigenvalue weighted by Gasteiger charge is 2.14. The van der Waals surface area contributed by atoms with Crippen LogP contribution in [0.2, 0.25) is 0 Å². The van der Waals surface area contributed by atoms with E-state index in [-0.39, 0.29) is 11.6 Å². The molecule has 0 aromatic carbocycles. The lowest BCUT2D eigenvalue weighted by atomic mass is 9.92. The fraction of sp³-hybridized carbons (Fsp3) is 1.00. The zero-order valence-corrected chi connectivity index (χ0v) is 6.48. The number of hydrogen-bond acceptors (Lipinski definition) is 3. The predicted molar refractivity (Wildman–Crippen MR) is 37.7 cm³/mol. The van der Waals surface area contributed by atoms with E-state index in [2.05, 4.69) is 11.8 Å². The molecular weight excluding hydrogens is 118 g/mol. The van der Waals surface area contributed by atoms with Crippen molar-refractivity contribution in [2.24, 2.45) is 5.41 Å². The molecule has 3 heteroatoms. The third-order valence-electron chi connectivity index (χ3n) is 1.41. The van der Waals surface area contributed by atoms with Crippen LogP contribution in [0.25, 0.3) is 0 Å². The van der Waals surface area contributed by atoms with Gasteiger partial charge >= 0.3 is 0 Å². The first kappa shape index (κ1) is 11.6. The Morgan fingerprint density at radius 1 is 1.44 bits per heavy atom. The van der Waals surface area contributed by atoms with Gasteiger partial charge in [0.05, 0.1) is 6.61 Å². The second kappa shape index (κ2) is 4.73. The standard InChI is InChI=1S/C6H14O2.H3N/c1-4-6(2,3)5-8-7;/h7H,4-5H2,1-3H3;1H3. The molecule has 0 spiro atoms. The Hall–Kier alpha value is -0.120. The van der Waals surface area contributed by atoms with Crippen LogP contribution in [0, 0.1) is 5.41 Å². The van der Waals surface area contributed by atoms with Crippen molar-refractivity contribution in [2.45, 2.75) is 27.2 Å². The molecule has 0 aromatic rings. The van der Waals surface area contributed by atoms with Crippen molar-refractivity contribution in [3.05, 3.63) is 0 Å². The summed E-state index contributed by atoms with van der Waals surface area (Å²) < 4.78 is 0.